The summed E-state index contributed by atoms with van der Waals surface area (Å²) in [6, 6.07) is 10.3. The standard InChI is InChI=1S/C22H33N5O2/c1-3-23-22(24-12-5-4-6-19-7-9-21(28-2)10-8-19)27-15-13-26(14-16-27)18-20-11-17-29-25-20/h7-11,17H,3-6,12-16,18H2,1-2H3,(H,23,24). The molecule has 29 heavy (non-hydrogen) atoms. The van der Waals surface area contributed by atoms with Gasteiger partial charge in [-0.15, -0.1) is 0 Å². The SMILES string of the molecule is CCNC(=NCCCCc1ccc(OC)cc1)N1CCN(Cc2ccon2)CC1. The van der Waals surface area contributed by atoms with Crippen LogP contribution in [0.2, 0.25) is 0 Å². The summed E-state index contributed by atoms with van der Waals surface area (Å²) in [4.78, 5) is 9.64. The van der Waals surface area contributed by atoms with Gasteiger partial charge in [-0.25, -0.2) is 0 Å². The molecule has 0 amide bonds. The minimum absolute atomic E-state index is 0.851. The summed E-state index contributed by atoms with van der Waals surface area (Å²) >= 11 is 0. The predicted molar refractivity (Wildman–Crippen MR) is 115 cm³/mol. The van der Waals surface area contributed by atoms with Crippen molar-refractivity contribution < 1.29 is 9.26 Å². The maximum atomic E-state index is 5.21. The third kappa shape index (κ3) is 6.78. The van der Waals surface area contributed by atoms with Gasteiger partial charge >= 0.3 is 0 Å². The van der Waals surface area contributed by atoms with E-state index >= 15 is 0 Å². The highest BCUT2D eigenvalue weighted by Crippen LogP contribution is 2.13. The van der Waals surface area contributed by atoms with Crippen molar-refractivity contribution >= 4 is 5.96 Å². The molecule has 158 valence electrons. The Labute approximate surface area is 173 Å². The Kier molecular flexibility index (Phi) is 8.37. The van der Waals surface area contributed by atoms with Gasteiger partial charge in [-0.2, -0.15) is 0 Å². The highest BCUT2D eigenvalue weighted by molar-refractivity contribution is 5.80. The Balaban J connectivity index is 1.39. The molecule has 1 aliphatic heterocycles. The maximum absolute atomic E-state index is 5.21. The van der Waals surface area contributed by atoms with E-state index in [9.17, 15) is 0 Å². The van der Waals surface area contributed by atoms with E-state index < -0.39 is 0 Å². The molecule has 1 N–H and O–H groups in total. The first-order valence-electron chi connectivity index (χ1n) is 10.6. The fourth-order valence-corrected chi connectivity index (χ4v) is 3.51. The van der Waals surface area contributed by atoms with Gasteiger partial charge in [0.1, 0.15) is 12.0 Å². The van der Waals surface area contributed by atoms with E-state index in [2.05, 4.69) is 39.3 Å². The number of rotatable bonds is 9. The lowest BCUT2D eigenvalue weighted by Gasteiger charge is -2.36. The molecule has 0 bridgehead atoms. The zero-order chi connectivity index (χ0) is 20.3. The molecule has 1 aromatic heterocycles. The summed E-state index contributed by atoms with van der Waals surface area (Å²) in [7, 11) is 1.70. The summed E-state index contributed by atoms with van der Waals surface area (Å²) < 4.78 is 10.1. The smallest absolute Gasteiger partial charge is 0.194 e. The molecule has 1 saturated heterocycles. The average molecular weight is 400 g/mol. The van der Waals surface area contributed by atoms with E-state index in [4.69, 9.17) is 14.3 Å². The number of guanidine groups is 1. The van der Waals surface area contributed by atoms with E-state index in [1.54, 1.807) is 13.4 Å². The third-order valence-electron chi connectivity index (χ3n) is 5.18. The number of hydrogen-bond donors (Lipinski definition) is 1. The van der Waals surface area contributed by atoms with Gasteiger partial charge in [-0.1, -0.05) is 17.3 Å². The van der Waals surface area contributed by atoms with Crippen LogP contribution in [-0.2, 0) is 13.0 Å². The van der Waals surface area contributed by atoms with Gasteiger partial charge in [-0.3, -0.25) is 9.89 Å². The summed E-state index contributed by atoms with van der Waals surface area (Å²) in [6.07, 6.45) is 4.95. The third-order valence-corrected chi connectivity index (χ3v) is 5.18. The van der Waals surface area contributed by atoms with E-state index in [1.165, 1.54) is 5.56 Å². The fraction of sp³-hybridized carbons (Fsp3) is 0.545. The van der Waals surface area contributed by atoms with Crippen molar-refractivity contribution in [1.29, 1.82) is 0 Å². The van der Waals surface area contributed by atoms with Crippen molar-refractivity contribution in [2.24, 2.45) is 4.99 Å². The molecule has 3 rings (SSSR count). The number of hydrogen-bond acceptors (Lipinski definition) is 5. The maximum Gasteiger partial charge on any atom is 0.194 e. The molecule has 2 aromatic rings. The van der Waals surface area contributed by atoms with Gasteiger partial charge in [0.25, 0.3) is 0 Å². The quantitative estimate of drug-likeness (QED) is 0.397. The first kappa shape index (κ1) is 21.2. The van der Waals surface area contributed by atoms with Gasteiger partial charge in [-0.05, 0) is 43.9 Å². The van der Waals surface area contributed by atoms with Crippen LogP contribution in [0.1, 0.15) is 31.0 Å². The van der Waals surface area contributed by atoms with Crippen molar-refractivity contribution in [3.8, 4) is 5.75 Å². The van der Waals surface area contributed by atoms with Crippen LogP contribution in [0.4, 0.5) is 0 Å². The number of aromatic nitrogens is 1. The molecule has 0 saturated carbocycles. The second-order valence-corrected chi connectivity index (χ2v) is 7.29. The Morgan fingerprint density at radius 3 is 2.59 bits per heavy atom. The number of nitrogens with zero attached hydrogens (tertiary/aromatic N) is 4. The van der Waals surface area contributed by atoms with Gasteiger partial charge in [0.2, 0.25) is 0 Å². The molecule has 1 aliphatic rings. The Morgan fingerprint density at radius 1 is 1.14 bits per heavy atom. The van der Waals surface area contributed by atoms with Gasteiger partial charge in [0, 0.05) is 51.9 Å². The van der Waals surface area contributed by atoms with Crippen molar-refractivity contribution in [3.63, 3.8) is 0 Å². The van der Waals surface area contributed by atoms with Gasteiger partial charge in [0.15, 0.2) is 5.96 Å². The number of piperazine rings is 1. The number of aliphatic imine (C=N–C) groups is 1. The highest BCUT2D eigenvalue weighted by Gasteiger charge is 2.20. The molecule has 0 unspecified atom stereocenters. The molecule has 0 aliphatic carbocycles. The van der Waals surface area contributed by atoms with Crippen LogP contribution in [0, 0.1) is 0 Å². The molecule has 1 fully saturated rings. The number of ether oxygens (including phenoxy) is 1. The zero-order valence-corrected chi connectivity index (χ0v) is 17.6. The monoisotopic (exact) mass is 399 g/mol. The van der Waals surface area contributed by atoms with Gasteiger partial charge in [0.05, 0.1) is 12.8 Å². The summed E-state index contributed by atoms with van der Waals surface area (Å²) in [5.41, 5.74) is 2.35. The molecule has 2 heterocycles. The summed E-state index contributed by atoms with van der Waals surface area (Å²) in [5.74, 6) is 1.95. The molecular formula is C22H33N5O2. The van der Waals surface area contributed by atoms with Crippen molar-refractivity contribution in [2.75, 3.05) is 46.4 Å². The first-order chi connectivity index (χ1) is 14.3. The highest BCUT2D eigenvalue weighted by atomic mass is 16.5. The number of unbranched alkanes of at least 4 members (excludes halogenated alkanes) is 1. The predicted octanol–water partition coefficient (Wildman–Crippen LogP) is 2.79. The van der Waals surface area contributed by atoms with Crippen LogP contribution in [0.25, 0.3) is 0 Å². The minimum Gasteiger partial charge on any atom is -0.497 e. The molecule has 0 atom stereocenters. The van der Waals surface area contributed by atoms with Gasteiger partial charge < -0.3 is 19.5 Å². The number of benzene rings is 1. The molecular weight excluding hydrogens is 366 g/mol. The largest absolute Gasteiger partial charge is 0.497 e. The molecule has 1 aromatic carbocycles. The number of nitrogens with one attached hydrogen (secondary N) is 1. The van der Waals surface area contributed by atoms with E-state index in [0.717, 1.165) is 82.5 Å². The lowest BCUT2D eigenvalue weighted by atomic mass is 10.1. The van der Waals surface area contributed by atoms with Crippen LogP contribution in [0.3, 0.4) is 0 Å². The molecule has 0 radical (unpaired) electrons. The first-order valence-corrected chi connectivity index (χ1v) is 10.6. The van der Waals surface area contributed by atoms with Crippen LogP contribution >= 0.6 is 0 Å². The average Bonchev–Trinajstić information content (AvgIpc) is 3.27. The Bertz CT molecular complexity index is 722. The van der Waals surface area contributed by atoms with E-state index in [1.807, 2.05) is 18.2 Å². The van der Waals surface area contributed by atoms with Crippen molar-refractivity contribution in [3.05, 3.63) is 47.9 Å². The zero-order valence-electron chi connectivity index (χ0n) is 17.6. The minimum atomic E-state index is 0.851. The van der Waals surface area contributed by atoms with Crippen molar-refractivity contribution in [1.82, 2.24) is 20.3 Å². The van der Waals surface area contributed by atoms with E-state index in [0.29, 0.717) is 0 Å². The summed E-state index contributed by atoms with van der Waals surface area (Å²) in [5, 5.41) is 7.46. The summed E-state index contributed by atoms with van der Waals surface area (Å²) in [6.45, 7) is 8.71. The van der Waals surface area contributed by atoms with Crippen LogP contribution < -0.4 is 10.1 Å². The number of methoxy groups -OCH3 is 1. The molecule has 7 nitrogen and oxygen atoms in total. The molecule has 7 heteroatoms. The molecule has 0 spiro atoms. The second kappa shape index (κ2) is 11.5. The van der Waals surface area contributed by atoms with Crippen molar-refractivity contribution in [2.45, 2.75) is 32.7 Å². The van der Waals surface area contributed by atoms with Crippen LogP contribution in [0.15, 0.2) is 46.1 Å². The Morgan fingerprint density at radius 2 is 1.93 bits per heavy atom. The Hall–Kier alpha value is -2.54. The second-order valence-electron chi connectivity index (χ2n) is 7.29. The normalized spacial score (nSPS) is 15.5. The van der Waals surface area contributed by atoms with Crippen LogP contribution in [0.5, 0.6) is 5.75 Å². The lowest BCUT2D eigenvalue weighted by Crippen LogP contribution is -2.52. The topological polar surface area (TPSA) is 66.1 Å². The van der Waals surface area contributed by atoms with E-state index in [-0.39, 0.29) is 0 Å². The number of aryl methyl sites for hydroxylation is 1. The lowest BCUT2D eigenvalue weighted by molar-refractivity contribution is 0.169. The fourth-order valence-electron chi connectivity index (χ4n) is 3.51. The van der Waals surface area contributed by atoms with Crippen LogP contribution in [-0.4, -0.2) is 67.3 Å².